The maximum atomic E-state index is 12.2. The van der Waals surface area contributed by atoms with Crippen molar-refractivity contribution in [1.82, 2.24) is 20.3 Å². The third-order valence-electron chi connectivity index (χ3n) is 4.73. The second-order valence-electron chi connectivity index (χ2n) is 6.51. The summed E-state index contributed by atoms with van der Waals surface area (Å²) in [6, 6.07) is 8.60. The number of carbonyl (C=O) groups is 2. The van der Waals surface area contributed by atoms with E-state index >= 15 is 0 Å². The smallest absolute Gasteiger partial charge is 0.360 e. The minimum atomic E-state index is -0.558. The predicted molar refractivity (Wildman–Crippen MR) is 93.7 cm³/mol. The van der Waals surface area contributed by atoms with Crippen LogP contribution in [0.2, 0.25) is 0 Å². The Morgan fingerprint density at radius 3 is 2.79 bits per heavy atom. The largest absolute Gasteiger partial charge is 0.484 e. The summed E-state index contributed by atoms with van der Waals surface area (Å²) in [6.07, 6.45) is 0.898. The van der Waals surface area contributed by atoms with Crippen molar-refractivity contribution in [3.63, 3.8) is 0 Å². The van der Waals surface area contributed by atoms with Gasteiger partial charge < -0.3 is 24.3 Å². The van der Waals surface area contributed by atoms with E-state index in [-0.39, 0.29) is 42.5 Å². The second-order valence-corrected chi connectivity index (χ2v) is 6.51. The topological polar surface area (TPSA) is 114 Å². The molecule has 28 heavy (non-hydrogen) atoms. The van der Waals surface area contributed by atoms with Gasteiger partial charge in [-0.15, -0.1) is 5.10 Å². The fraction of sp³-hybridized carbons (Fsp3) is 0.444. The summed E-state index contributed by atoms with van der Waals surface area (Å²) >= 11 is 0. The molecule has 0 unspecified atom stereocenters. The molecule has 2 aliphatic heterocycles. The van der Waals surface area contributed by atoms with Crippen LogP contribution in [-0.2, 0) is 19.0 Å². The summed E-state index contributed by atoms with van der Waals surface area (Å²) in [6.45, 7) is 0.570. The van der Waals surface area contributed by atoms with E-state index in [2.05, 4.69) is 20.4 Å². The third-order valence-corrected chi connectivity index (χ3v) is 4.73. The number of benzene rings is 1. The Morgan fingerprint density at radius 1 is 1.21 bits per heavy atom. The summed E-state index contributed by atoms with van der Waals surface area (Å²) in [4.78, 5) is 23.7. The number of nitrogens with one attached hydrogen (secondary N) is 1. The van der Waals surface area contributed by atoms with Crippen molar-refractivity contribution in [3.8, 4) is 5.75 Å². The van der Waals surface area contributed by atoms with Gasteiger partial charge in [0.05, 0.1) is 32.6 Å². The molecule has 1 N–H and O–H groups in total. The fourth-order valence-electron chi connectivity index (χ4n) is 3.38. The van der Waals surface area contributed by atoms with E-state index in [1.165, 1.54) is 13.3 Å². The molecule has 4 rings (SSSR count). The monoisotopic (exact) mass is 388 g/mol. The minimum Gasteiger partial charge on any atom is -0.484 e. The number of hydrogen-bond acceptors (Lipinski definition) is 8. The van der Waals surface area contributed by atoms with Gasteiger partial charge in [-0.2, -0.15) is 0 Å². The van der Waals surface area contributed by atoms with Gasteiger partial charge >= 0.3 is 5.97 Å². The number of esters is 1. The molecule has 0 spiro atoms. The van der Waals surface area contributed by atoms with Crippen molar-refractivity contribution < 1.29 is 28.5 Å². The highest BCUT2D eigenvalue weighted by Gasteiger charge is 2.49. The van der Waals surface area contributed by atoms with Crippen LogP contribution in [0.1, 0.15) is 16.5 Å². The van der Waals surface area contributed by atoms with Gasteiger partial charge in [0.15, 0.2) is 12.3 Å². The lowest BCUT2D eigenvalue weighted by atomic mass is 10.1. The molecule has 10 nitrogen and oxygen atoms in total. The van der Waals surface area contributed by atoms with Gasteiger partial charge in [-0.1, -0.05) is 23.4 Å². The van der Waals surface area contributed by atoms with Crippen molar-refractivity contribution in [2.24, 2.45) is 0 Å². The molecule has 0 saturated carbocycles. The number of aromatic nitrogens is 3. The van der Waals surface area contributed by atoms with Gasteiger partial charge in [-0.3, -0.25) is 4.79 Å². The summed E-state index contributed by atoms with van der Waals surface area (Å²) in [7, 11) is 1.28. The Hall–Kier alpha value is -2.98. The average molecular weight is 388 g/mol. The summed E-state index contributed by atoms with van der Waals surface area (Å²) in [5, 5.41) is 10.7. The number of ether oxygens (including phenoxy) is 4. The number of fused-ring (bicyclic) bond motifs is 1. The second kappa shape index (κ2) is 7.95. The van der Waals surface area contributed by atoms with Crippen LogP contribution in [-0.4, -0.2) is 72.1 Å². The average Bonchev–Trinajstić information content (AvgIpc) is 3.44. The maximum Gasteiger partial charge on any atom is 0.360 e. The highest BCUT2D eigenvalue weighted by atomic mass is 16.6. The molecule has 0 radical (unpaired) electrons. The van der Waals surface area contributed by atoms with Gasteiger partial charge in [0.1, 0.15) is 24.0 Å². The molecule has 2 saturated heterocycles. The molecule has 10 heteroatoms. The number of methoxy groups -OCH3 is 1. The number of amides is 1. The van der Waals surface area contributed by atoms with Gasteiger partial charge in [-0.05, 0) is 12.1 Å². The highest BCUT2D eigenvalue weighted by molar-refractivity contribution is 5.86. The SMILES string of the molecule is COC(=O)c1cn([C@@H]2CO[C@@H]3[C@@H]2OC[C@@H]3NC(=O)COc2ccccc2)nn1. The molecule has 1 aromatic heterocycles. The van der Waals surface area contributed by atoms with Crippen LogP contribution in [0.5, 0.6) is 5.75 Å². The first-order valence-corrected chi connectivity index (χ1v) is 8.86. The van der Waals surface area contributed by atoms with E-state index in [0.29, 0.717) is 19.0 Å². The van der Waals surface area contributed by atoms with E-state index in [4.69, 9.17) is 14.2 Å². The number of rotatable bonds is 6. The molecular weight excluding hydrogens is 368 g/mol. The zero-order valence-electron chi connectivity index (χ0n) is 15.2. The lowest BCUT2D eigenvalue weighted by Crippen LogP contribution is -2.45. The van der Waals surface area contributed by atoms with Crippen LogP contribution in [0.15, 0.2) is 36.5 Å². The van der Waals surface area contributed by atoms with E-state index < -0.39 is 5.97 Å². The Bertz CT molecular complexity index is 842. The zero-order valence-corrected chi connectivity index (χ0v) is 15.2. The fourth-order valence-corrected chi connectivity index (χ4v) is 3.38. The first-order valence-electron chi connectivity index (χ1n) is 8.86. The van der Waals surface area contributed by atoms with Crippen molar-refractivity contribution in [2.45, 2.75) is 24.3 Å². The molecule has 1 amide bonds. The van der Waals surface area contributed by atoms with Crippen LogP contribution in [0.3, 0.4) is 0 Å². The first kappa shape index (κ1) is 18.4. The van der Waals surface area contributed by atoms with Crippen LogP contribution in [0.25, 0.3) is 0 Å². The van der Waals surface area contributed by atoms with Gasteiger partial charge in [-0.25, -0.2) is 9.48 Å². The first-order chi connectivity index (χ1) is 13.7. The minimum absolute atomic E-state index is 0.0904. The number of para-hydroxylation sites is 1. The van der Waals surface area contributed by atoms with Crippen LogP contribution >= 0.6 is 0 Å². The summed E-state index contributed by atoms with van der Waals surface area (Å²) in [5.74, 6) is -0.181. The normalized spacial score (nSPS) is 25.9. The molecule has 2 aliphatic rings. The van der Waals surface area contributed by atoms with Gasteiger partial charge in [0, 0.05) is 0 Å². The molecule has 4 atom stereocenters. The summed E-state index contributed by atoms with van der Waals surface area (Å²) in [5.41, 5.74) is 0.117. The van der Waals surface area contributed by atoms with Gasteiger partial charge in [0.2, 0.25) is 0 Å². The standard InChI is InChI=1S/C18H20N4O6/c1-25-18(24)12-7-22(21-20-12)14-9-28-16-13(8-27-17(14)16)19-15(23)10-26-11-5-3-2-4-6-11/h2-7,13-14,16-17H,8-10H2,1H3,(H,19,23)/t13-,14+,16-,17+/m0/s1. The maximum absolute atomic E-state index is 12.2. The molecule has 0 bridgehead atoms. The lowest BCUT2D eigenvalue weighted by molar-refractivity contribution is -0.124. The summed E-state index contributed by atoms with van der Waals surface area (Å²) < 4.78 is 23.3. The van der Waals surface area contributed by atoms with Crippen LogP contribution < -0.4 is 10.1 Å². The van der Waals surface area contributed by atoms with E-state index in [1.54, 1.807) is 16.8 Å². The zero-order chi connectivity index (χ0) is 19.5. The Balaban J connectivity index is 1.33. The van der Waals surface area contributed by atoms with Gasteiger partial charge in [0.25, 0.3) is 5.91 Å². The van der Waals surface area contributed by atoms with Crippen LogP contribution in [0.4, 0.5) is 0 Å². The Labute approximate surface area is 160 Å². The van der Waals surface area contributed by atoms with E-state index in [9.17, 15) is 9.59 Å². The predicted octanol–water partition coefficient (Wildman–Crippen LogP) is -0.0328. The molecular formula is C18H20N4O6. The van der Waals surface area contributed by atoms with E-state index in [0.717, 1.165) is 0 Å². The van der Waals surface area contributed by atoms with Crippen molar-refractivity contribution in [1.29, 1.82) is 0 Å². The quantitative estimate of drug-likeness (QED) is 0.686. The van der Waals surface area contributed by atoms with Crippen LogP contribution in [0, 0.1) is 0 Å². The number of hydrogen-bond donors (Lipinski definition) is 1. The highest BCUT2D eigenvalue weighted by Crippen LogP contribution is 2.33. The molecule has 1 aromatic carbocycles. The lowest BCUT2D eigenvalue weighted by Gasteiger charge is -2.18. The van der Waals surface area contributed by atoms with Crippen molar-refractivity contribution >= 4 is 11.9 Å². The number of nitrogens with zero attached hydrogens (tertiary/aromatic N) is 3. The Kier molecular flexibility index (Phi) is 5.22. The molecule has 3 heterocycles. The third kappa shape index (κ3) is 3.69. The van der Waals surface area contributed by atoms with E-state index in [1.807, 2.05) is 18.2 Å². The molecule has 148 valence electrons. The Morgan fingerprint density at radius 2 is 2.00 bits per heavy atom. The van der Waals surface area contributed by atoms with Crippen molar-refractivity contribution in [2.75, 3.05) is 26.9 Å². The molecule has 0 aliphatic carbocycles. The molecule has 2 aromatic rings. The number of carbonyl (C=O) groups excluding carboxylic acids is 2. The van der Waals surface area contributed by atoms with Crippen molar-refractivity contribution in [3.05, 3.63) is 42.2 Å². The molecule has 2 fully saturated rings.